The Hall–Kier alpha value is -2.36. The number of aryl methyl sites for hydroxylation is 2. The maximum absolute atomic E-state index is 13.2. The minimum Gasteiger partial charge on any atom is -0.493 e. The Bertz CT molecular complexity index is 1250. The molecule has 0 bridgehead atoms. The van der Waals surface area contributed by atoms with Gasteiger partial charge in [-0.05, 0) is 32.0 Å². The first kappa shape index (κ1) is 30.9. The van der Waals surface area contributed by atoms with E-state index in [1.807, 2.05) is 6.92 Å². The average Bonchev–Trinajstić information content (AvgIpc) is 2.79. The first-order valence-electron chi connectivity index (χ1n) is 11.3. The van der Waals surface area contributed by atoms with Crippen LogP contribution in [-0.4, -0.2) is 64.5 Å². The Morgan fingerprint density at radius 1 is 1.11 bits per heavy atom. The quantitative estimate of drug-likeness (QED) is 0.246. The van der Waals surface area contributed by atoms with E-state index in [1.54, 1.807) is 23.6 Å². The molecule has 1 saturated heterocycles. The van der Waals surface area contributed by atoms with Gasteiger partial charge in [0.15, 0.2) is 6.29 Å². The molecule has 1 fully saturated rings. The van der Waals surface area contributed by atoms with Gasteiger partial charge in [-0.25, -0.2) is 4.98 Å². The van der Waals surface area contributed by atoms with Gasteiger partial charge in [0.05, 0.1) is 5.39 Å². The van der Waals surface area contributed by atoms with Crippen LogP contribution in [0.4, 0.5) is 0 Å². The second-order valence-electron chi connectivity index (χ2n) is 8.20. The van der Waals surface area contributed by atoms with Gasteiger partial charge in [0.25, 0.3) is 11.9 Å². The molecule has 0 aliphatic carbocycles. The molecule has 0 aromatic carbocycles. The van der Waals surface area contributed by atoms with E-state index in [0.29, 0.717) is 12.2 Å². The van der Waals surface area contributed by atoms with Crippen molar-refractivity contribution in [3.63, 3.8) is 0 Å². The van der Waals surface area contributed by atoms with Crippen LogP contribution in [0, 0.1) is 57.4 Å². The molecule has 13 heteroatoms. The van der Waals surface area contributed by atoms with Crippen molar-refractivity contribution in [2.45, 2.75) is 65.7 Å². The van der Waals surface area contributed by atoms with E-state index in [4.69, 9.17) is 18.9 Å². The smallest absolute Gasteiger partial charge is 0.304 e. The summed E-state index contributed by atoms with van der Waals surface area (Å²) in [5.41, 5.74) is 0.493. The molecule has 197 valence electrons. The van der Waals surface area contributed by atoms with Crippen LogP contribution >= 0.6 is 0 Å². The number of nitrogens with zero attached hydrogens (tertiary/aromatic N) is 2. The minimum absolute atomic E-state index is 0. The third-order valence-corrected chi connectivity index (χ3v) is 5.34. The zero-order chi connectivity index (χ0) is 26.6. The van der Waals surface area contributed by atoms with E-state index < -0.39 is 53.8 Å². The Balaban J connectivity index is 0.00000481. The van der Waals surface area contributed by atoms with E-state index >= 15 is 0 Å². The number of rotatable bonds is 7. The van der Waals surface area contributed by atoms with Crippen LogP contribution in [0.1, 0.15) is 43.7 Å². The number of esters is 3. The van der Waals surface area contributed by atoms with Gasteiger partial charge in [-0.15, -0.1) is 0 Å². The number of nitrogens with one attached hydrogen (secondary N) is 1. The van der Waals surface area contributed by atoms with E-state index in [-0.39, 0.29) is 61.6 Å². The normalized spacial score (nSPS) is 20.9. The summed E-state index contributed by atoms with van der Waals surface area (Å²) in [5.74, 6) is -2.70. The first-order chi connectivity index (χ1) is 17.0. The summed E-state index contributed by atoms with van der Waals surface area (Å²) in [5, 5.41) is 2.89. The Labute approximate surface area is 248 Å². The van der Waals surface area contributed by atoms with E-state index in [0.717, 1.165) is 12.6 Å². The third kappa shape index (κ3) is 7.82. The summed E-state index contributed by atoms with van der Waals surface area (Å²) in [6, 6.07) is 2.19. The Kier molecular flexibility index (Phi) is 11.2. The predicted molar refractivity (Wildman–Crippen MR) is 125 cm³/mol. The summed E-state index contributed by atoms with van der Waals surface area (Å²) in [6.07, 6.45) is -0.576. The van der Waals surface area contributed by atoms with E-state index in [9.17, 15) is 24.0 Å². The number of hydrogen-bond donors (Lipinski definition) is 1. The van der Waals surface area contributed by atoms with Gasteiger partial charge in [0, 0.05) is 89.4 Å². The molecule has 4 atom stereocenters. The molecule has 3 heterocycles. The standard InChI is InChI=1S/C24H28N3O9.Ac/c1-6-27-10-17(21(31)16-8-7-12(2)25-22(16)27)23(32)26-18-9-19(34-14(4)29)20(11-33-13(3)28)36-24(18)35-15(5)30;/h7-10,18-20,24H,6,11H2,1-5H3,(H,26,32);/q-1;. The Morgan fingerprint density at radius 3 is 2.38 bits per heavy atom. The van der Waals surface area contributed by atoms with Crippen LogP contribution in [0.5, 0.6) is 0 Å². The van der Waals surface area contributed by atoms with Crippen LogP contribution in [0.3, 0.4) is 0 Å². The van der Waals surface area contributed by atoms with Crippen molar-refractivity contribution in [3.05, 3.63) is 46.2 Å². The van der Waals surface area contributed by atoms with Crippen LogP contribution in [0.25, 0.3) is 11.0 Å². The van der Waals surface area contributed by atoms with Crippen molar-refractivity contribution >= 4 is 34.8 Å². The van der Waals surface area contributed by atoms with Gasteiger partial charge < -0.3 is 28.8 Å². The fourth-order valence-corrected chi connectivity index (χ4v) is 3.77. The monoisotopic (exact) mass is 729 g/mol. The van der Waals surface area contributed by atoms with Gasteiger partial charge in [0.1, 0.15) is 23.9 Å². The van der Waals surface area contributed by atoms with Crippen LogP contribution < -0.4 is 10.7 Å². The molecule has 12 nitrogen and oxygen atoms in total. The van der Waals surface area contributed by atoms with Gasteiger partial charge >= 0.3 is 11.9 Å². The molecule has 37 heavy (non-hydrogen) atoms. The van der Waals surface area contributed by atoms with Crippen LogP contribution in [0.15, 0.2) is 23.1 Å². The Morgan fingerprint density at radius 2 is 1.78 bits per heavy atom. The van der Waals surface area contributed by atoms with Crippen molar-refractivity contribution in [2.75, 3.05) is 6.61 Å². The molecule has 2 aromatic heterocycles. The molecule has 1 N–H and O–H groups in total. The van der Waals surface area contributed by atoms with Crippen molar-refractivity contribution in [1.29, 1.82) is 0 Å². The zero-order valence-electron chi connectivity index (χ0n) is 21.2. The molecule has 4 unspecified atom stereocenters. The molecule has 0 spiro atoms. The van der Waals surface area contributed by atoms with Gasteiger partial charge in [-0.3, -0.25) is 30.4 Å². The summed E-state index contributed by atoms with van der Waals surface area (Å²) >= 11 is 0. The molecule has 1 amide bonds. The van der Waals surface area contributed by atoms with Crippen molar-refractivity contribution in [1.82, 2.24) is 14.9 Å². The number of ether oxygens (including phenoxy) is 4. The molecule has 1 aliphatic rings. The second-order valence-corrected chi connectivity index (χ2v) is 8.20. The minimum atomic E-state index is -1.34. The molecule has 3 rings (SSSR count). The second kappa shape index (κ2) is 13.4. The predicted octanol–water partition coefficient (Wildman–Crippen LogP) is 0.810. The molecular weight excluding hydrogens is 701 g/mol. The topological polar surface area (TPSA) is 152 Å². The van der Waals surface area contributed by atoms with E-state index in [1.165, 1.54) is 26.5 Å². The maximum Gasteiger partial charge on any atom is 0.304 e. The van der Waals surface area contributed by atoms with Crippen molar-refractivity contribution in [3.8, 4) is 0 Å². The number of fused-ring (bicyclic) bond motifs is 1. The molecule has 2 aromatic rings. The van der Waals surface area contributed by atoms with Crippen molar-refractivity contribution < 1.29 is 82.2 Å². The van der Waals surface area contributed by atoms with Crippen LogP contribution in [-0.2, 0) is 39.9 Å². The number of carbonyl (C=O) groups excluding carboxylic acids is 4. The third-order valence-electron chi connectivity index (χ3n) is 5.34. The number of pyridine rings is 2. The molecule has 1 aliphatic heterocycles. The first-order valence-corrected chi connectivity index (χ1v) is 11.3. The van der Waals surface area contributed by atoms with E-state index in [2.05, 4.69) is 10.3 Å². The molecular formula is C24H28AcN3O9-. The zero-order valence-corrected chi connectivity index (χ0v) is 25.9. The van der Waals surface area contributed by atoms with Gasteiger partial charge in [0.2, 0.25) is 5.43 Å². The van der Waals surface area contributed by atoms with Gasteiger partial charge in [-0.1, -0.05) is 0 Å². The number of amides is 1. The maximum atomic E-state index is 13.2. The number of aromatic nitrogens is 2. The van der Waals surface area contributed by atoms with Crippen molar-refractivity contribution in [2.24, 2.45) is 0 Å². The largest absolute Gasteiger partial charge is 0.493 e. The molecule has 0 saturated carbocycles. The number of carbonyl (C=O) groups is 4. The number of hydrogen-bond acceptors (Lipinski definition) is 10. The summed E-state index contributed by atoms with van der Waals surface area (Å²) < 4.78 is 22.8. The SMILES string of the molecule is CCn1cc(C(=O)NC2[CH-]C(OC(C)=O)C(COC(C)=O)OC2OC(C)=O)c(=O)c2ccc(C)nc21.[Ac]. The molecule has 1 radical (unpaired) electrons. The summed E-state index contributed by atoms with van der Waals surface area (Å²) in [7, 11) is 0. The fraction of sp³-hybridized carbons (Fsp3) is 0.458. The average molecular weight is 730 g/mol. The summed E-state index contributed by atoms with van der Waals surface area (Å²) in [4.78, 5) is 65.3. The fourth-order valence-electron chi connectivity index (χ4n) is 3.77. The van der Waals surface area contributed by atoms with Gasteiger partial charge in [-0.2, -0.15) is 0 Å². The summed E-state index contributed by atoms with van der Waals surface area (Å²) in [6.45, 7) is 7.34. The van der Waals surface area contributed by atoms with Crippen LogP contribution in [0.2, 0.25) is 0 Å².